The van der Waals surface area contributed by atoms with E-state index in [-0.39, 0.29) is 0 Å². The smallest absolute Gasteiger partial charge is 0.0769 e. The topological polar surface area (TPSA) is 37.8 Å². The minimum atomic E-state index is 0.709. The molecule has 0 spiro atoms. The molecule has 3 nitrogen and oxygen atoms in total. The molecule has 3 heteroatoms. The van der Waals surface area contributed by atoms with Gasteiger partial charge in [-0.2, -0.15) is 10.2 Å². The predicted molar refractivity (Wildman–Crippen MR) is 77.6 cm³/mol. The van der Waals surface area contributed by atoms with Crippen LogP contribution in [0.4, 0.5) is 0 Å². The van der Waals surface area contributed by atoms with Gasteiger partial charge in [0.05, 0.1) is 5.69 Å². The standard InChI is InChI=1S/C16H21N3/c1-13(2)10-14-5-7-15(8-6-14)11-17-12-16-4-3-9-18-19-16/h3-9,13,17H,10-12H2,1-2H3. The second kappa shape index (κ2) is 7.00. The van der Waals surface area contributed by atoms with Gasteiger partial charge in [-0.05, 0) is 35.6 Å². The lowest BCUT2D eigenvalue weighted by molar-refractivity contribution is 0.645. The first kappa shape index (κ1) is 13.7. The number of hydrogen-bond donors (Lipinski definition) is 1. The van der Waals surface area contributed by atoms with Crippen LogP contribution in [0.15, 0.2) is 42.6 Å². The van der Waals surface area contributed by atoms with E-state index in [0.29, 0.717) is 5.92 Å². The van der Waals surface area contributed by atoms with Gasteiger partial charge in [-0.1, -0.05) is 38.1 Å². The molecule has 1 heterocycles. The van der Waals surface area contributed by atoms with Crippen molar-refractivity contribution in [2.24, 2.45) is 5.92 Å². The molecule has 0 amide bonds. The maximum atomic E-state index is 4.04. The van der Waals surface area contributed by atoms with Gasteiger partial charge in [0.25, 0.3) is 0 Å². The van der Waals surface area contributed by atoms with E-state index in [1.807, 2.05) is 12.1 Å². The van der Waals surface area contributed by atoms with Crippen molar-refractivity contribution in [3.63, 3.8) is 0 Å². The fourth-order valence-electron chi connectivity index (χ4n) is 2.03. The first-order valence-corrected chi connectivity index (χ1v) is 6.79. The van der Waals surface area contributed by atoms with E-state index < -0.39 is 0 Å². The quantitative estimate of drug-likeness (QED) is 0.862. The second-order valence-electron chi connectivity index (χ2n) is 5.23. The fourth-order valence-corrected chi connectivity index (χ4v) is 2.03. The maximum absolute atomic E-state index is 4.04. The normalized spacial score (nSPS) is 10.9. The van der Waals surface area contributed by atoms with Gasteiger partial charge in [-0.25, -0.2) is 0 Å². The molecule has 1 aromatic carbocycles. The number of nitrogens with zero attached hydrogens (tertiary/aromatic N) is 2. The molecule has 1 aromatic heterocycles. The highest BCUT2D eigenvalue weighted by Gasteiger charge is 1.99. The zero-order valence-electron chi connectivity index (χ0n) is 11.6. The van der Waals surface area contributed by atoms with E-state index >= 15 is 0 Å². The van der Waals surface area contributed by atoms with Crippen LogP contribution in [0.3, 0.4) is 0 Å². The highest BCUT2D eigenvalue weighted by atomic mass is 15.1. The van der Waals surface area contributed by atoms with E-state index in [2.05, 4.69) is 53.6 Å². The Labute approximate surface area is 115 Å². The van der Waals surface area contributed by atoms with Gasteiger partial charge in [0.15, 0.2) is 0 Å². The Balaban J connectivity index is 1.80. The first-order chi connectivity index (χ1) is 9.24. The van der Waals surface area contributed by atoms with Gasteiger partial charge in [0.1, 0.15) is 0 Å². The van der Waals surface area contributed by atoms with Gasteiger partial charge in [-0.3, -0.25) is 0 Å². The van der Waals surface area contributed by atoms with Crippen molar-refractivity contribution in [3.05, 3.63) is 59.4 Å². The second-order valence-corrected chi connectivity index (χ2v) is 5.23. The summed E-state index contributed by atoms with van der Waals surface area (Å²) in [6, 6.07) is 12.7. The molecule has 0 aliphatic carbocycles. The molecule has 0 atom stereocenters. The van der Waals surface area contributed by atoms with Crippen LogP contribution in [0.25, 0.3) is 0 Å². The predicted octanol–water partition coefficient (Wildman–Crippen LogP) is 2.96. The van der Waals surface area contributed by atoms with Crippen molar-refractivity contribution in [2.75, 3.05) is 0 Å². The Kier molecular flexibility index (Phi) is 5.04. The lowest BCUT2D eigenvalue weighted by atomic mass is 10.0. The molecule has 0 aliphatic heterocycles. The van der Waals surface area contributed by atoms with Crippen LogP contribution >= 0.6 is 0 Å². The first-order valence-electron chi connectivity index (χ1n) is 6.79. The molecule has 0 aliphatic rings. The highest BCUT2D eigenvalue weighted by Crippen LogP contribution is 2.09. The van der Waals surface area contributed by atoms with Crippen LogP contribution in [0.2, 0.25) is 0 Å². The third kappa shape index (κ3) is 4.79. The number of rotatable bonds is 6. The lowest BCUT2D eigenvalue weighted by Crippen LogP contribution is -2.13. The highest BCUT2D eigenvalue weighted by molar-refractivity contribution is 5.22. The minimum Gasteiger partial charge on any atom is -0.307 e. The summed E-state index contributed by atoms with van der Waals surface area (Å²) >= 11 is 0. The van der Waals surface area contributed by atoms with Crippen molar-refractivity contribution in [3.8, 4) is 0 Å². The Bertz CT molecular complexity index is 477. The minimum absolute atomic E-state index is 0.709. The van der Waals surface area contributed by atoms with E-state index in [9.17, 15) is 0 Å². The summed E-state index contributed by atoms with van der Waals surface area (Å²) in [5.41, 5.74) is 3.68. The molecule has 0 unspecified atom stereocenters. The van der Waals surface area contributed by atoms with Gasteiger partial charge < -0.3 is 5.32 Å². The third-order valence-electron chi connectivity index (χ3n) is 2.93. The molecule has 2 aromatic rings. The number of hydrogen-bond acceptors (Lipinski definition) is 3. The summed E-state index contributed by atoms with van der Waals surface area (Å²) in [5.74, 6) is 0.709. The summed E-state index contributed by atoms with van der Waals surface area (Å²) in [7, 11) is 0. The van der Waals surface area contributed by atoms with E-state index in [1.54, 1.807) is 6.20 Å². The van der Waals surface area contributed by atoms with Gasteiger partial charge in [-0.15, -0.1) is 0 Å². The Hall–Kier alpha value is -1.74. The summed E-state index contributed by atoms with van der Waals surface area (Å²) in [6.45, 7) is 6.10. The van der Waals surface area contributed by atoms with Crippen molar-refractivity contribution >= 4 is 0 Å². The molecule has 0 bridgehead atoms. The van der Waals surface area contributed by atoms with E-state index in [4.69, 9.17) is 0 Å². The number of aromatic nitrogens is 2. The van der Waals surface area contributed by atoms with Crippen LogP contribution in [-0.4, -0.2) is 10.2 Å². The molecular formula is C16H21N3. The average Bonchev–Trinajstić information content (AvgIpc) is 2.41. The number of benzene rings is 1. The molecule has 1 N–H and O–H groups in total. The summed E-state index contributed by atoms with van der Waals surface area (Å²) in [6.07, 6.45) is 2.84. The van der Waals surface area contributed by atoms with Crippen molar-refractivity contribution in [1.82, 2.24) is 15.5 Å². The zero-order chi connectivity index (χ0) is 13.5. The molecule has 2 rings (SSSR count). The molecule has 19 heavy (non-hydrogen) atoms. The summed E-state index contributed by atoms with van der Waals surface area (Å²) in [5, 5.41) is 11.3. The van der Waals surface area contributed by atoms with E-state index in [1.165, 1.54) is 11.1 Å². The fraction of sp³-hybridized carbons (Fsp3) is 0.375. The summed E-state index contributed by atoms with van der Waals surface area (Å²) in [4.78, 5) is 0. The molecule has 0 saturated carbocycles. The zero-order valence-corrected chi connectivity index (χ0v) is 11.6. The van der Waals surface area contributed by atoms with Gasteiger partial charge >= 0.3 is 0 Å². The van der Waals surface area contributed by atoms with Gasteiger partial charge in [0, 0.05) is 19.3 Å². The van der Waals surface area contributed by atoms with Crippen molar-refractivity contribution in [1.29, 1.82) is 0 Å². The van der Waals surface area contributed by atoms with Crippen molar-refractivity contribution in [2.45, 2.75) is 33.4 Å². The monoisotopic (exact) mass is 255 g/mol. The average molecular weight is 255 g/mol. The maximum Gasteiger partial charge on any atom is 0.0769 e. The molecule has 0 radical (unpaired) electrons. The molecule has 100 valence electrons. The van der Waals surface area contributed by atoms with Crippen LogP contribution in [-0.2, 0) is 19.5 Å². The Morgan fingerprint density at radius 3 is 2.37 bits per heavy atom. The van der Waals surface area contributed by atoms with Crippen molar-refractivity contribution < 1.29 is 0 Å². The summed E-state index contributed by atoms with van der Waals surface area (Å²) < 4.78 is 0. The van der Waals surface area contributed by atoms with Gasteiger partial charge in [0.2, 0.25) is 0 Å². The SMILES string of the molecule is CC(C)Cc1ccc(CNCc2cccnn2)cc1. The largest absolute Gasteiger partial charge is 0.307 e. The van der Waals surface area contributed by atoms with Crippen LogP contribution in [0.1, 0.15) is 30.7 Å². The van der Waals surface area contributed by atoms with Crippen LogP contribution in [0, 0.1) is 5.92 Å². The molecule has 0 fully saturated rings. The molecular weight excluding hydrogens is 234 g/mol. The Morgan fingerprint density at radius 1 is 1.00 bits per heavy atom. The molecule has 0 saturated heterocycles. The van der Waals surface area contributed by atoms with Crippen LogP contribution in [0.5, 0.6) is 0 Å². The number of nitrogens with one attached hydrogen (secondary N) is 1. The van der Waals surface area contributed by atoms with E-state index in [0.717, 1.165) is 25.2 Å². The van der Waals surface area contributed by atoms with Crippen LogP contribution < -0.4 is 5.32 Å². The Morgan fingerprint density at radius 2 is 1.74 bits per heavy atom. The third-order valence-corrected chi connectivity index (χ3v) is 2.93. The lowest BCUT2D eigenvalue weighted by Gasteiger charge is -2.07.